The van der Waals surface area contributed by atoms with Crippen molar-refractivity contribution in [2.75, 3.05) is 0 Å². The zero-order chi connectivity index (χ0) is 15.1. The minimum Gasteiger partial charge on any atom is -0.231 e. The van der Waals surface area contributed by atoms with Crippen LogP contribution in [0, 0.1) is 12.7 Å². The van der Waals surface area contributed by atoms with Gasteiger partial charge in [-0.2, -0.15) is 0 Å². The van der Waals surface area contributed by atoms with Gasteiger partial charge in [-0.15, -0.1) is 0 Å². The molecule has 0 atom stereocenters. The van der Waals surface area contributed by atoms with Crippen molar-refractivity contribution in [3.8, 4) is 11.4 Å². The Bertz CT molecular complexity index is 666. The summed E-state index contributed by atoms with van der Waals surface area (Å²) in [6, 6.07) is 4.54. The molecular formula is C15H15BrClFN2. The van der Waals surface area contributed by atoms with Crippen LogP contribution in [0.2, 0.25) is 5.15 Å². The van der Waals surface area contributed by atoms with E-state index in [0.717, 1.165) is 16.8 Å². The molecule has 0 bridgehead atoms. The highest BCUT2D eigenvalue weighted by Crippen LogP contribution is 2.34. The van der Waals surface area contributed by atoms with Gasteiger partial charge >= 0.3 is 0 Å². The number of aryl methyl sites for hydroxylation is 1. The Kier molecular flexibility index (Phi) is 4.17. The summed E-state index contributed by atoms with van der Waals surface area (Å²) in [5, 5.41) is 0.364. The molecule has 106 valence electrons. The zero-order valence-electron chi connectivity index (χ0n) is 11.8. The first-order valence-electron chi connectivity index (χ1n) is 6.20. The van der Waals surface area contributed by atoms with Crippen LogP contribution in [0.4, 0.5) is 4.39 Å². The van der Waals surface area contributed by atoms with E-state index >= 15 is 0 Å². The van der Waals surface area contributed by atoms with Gasteiger partial charge in [-0.05, 0) is 46.6 Å². The molecule has 0 fully saturated rings. The SMILES string of the molecule is Cc1cc(F)ccc1-c1nc(Cl)c(Br)c(C(C)(C)C)n1. The second kappa shape index (κ2) is 5.41. The fourth-order valence-electron chi connectivity index (χ4n) is 1.92. The van der Waals surface area contributed by atoms with Crippen molar-refractivity contribution >= 4 is 27.5 Å². The lowest BCUT2D eigenvalue weighted by atomic mass is 9.92. The molecule has 0 aliphatic carbocycles. The van der Waals surface area contributed by atoms with E-state index in [1.54, 1.807) is 6.07 Å². The first-order valence-corrected chi connectivity index (χ1v) is 7.37. The van der Waals surface area contributed by atoms with Gasteiger partial charge in [0.15, 0.2) is 5.82 Å². The molecule has 0 N–H and O–H groups in total. The van der Waals surface area contributed by atoms with Gasteiger partial charge in [0.2, 0.25) is 0 Å². The maximum absolute atomic E-state index is 13.2. The molecule has 5 heteroatoms. The molecule has 0 radical (unpaired) electrons. The molecule has 1 heterocycles. The highest BCUT2D eigenvalue weighted by atomic mass is 79.9. The summed E-state index contributed by atoms with van der Waals surface area (Å²) < 4.78 is 13.9. The van der Waals surface area contributed by atoms with Crippen LogP contribution in [0.25, 0.3) is 11.4 Å². The van der Waals surface area contributed by atoms with Gasteiger partial charge in [-0.3, -0.25) is 0 Å². The van der Waals surface area contributed by atoms with Gasteiger partial charge in [0, 0.05) is 11.0 Å². The van der Waals surface area contributed by atoms with Gasteiger partial charge in [0.25, 0.3) is 0 Å². The molecule has 1 aromatic carbocycles. The molecule has 0 aliphatic heterocycles. The van der Waals surface area contributed by atoms with Crippen LogP contribution < -0.4 is 0 Å². The Morgan fingerprint density at radius 1 is 1.20 bits per heavy atom. The number of rotatable bonds is 1. The molecule has 2 nitrogen and oxygen atoms in total. The highest BCUT2D eigenvalue weighted by molar-refractivity contribution is 9.10. The first kappa shape index (κ1) is 15.4. The lowest BCUT2D eigenvalue weighted by molar-refractivity contribution is 0.564. The van der Waals surface area contributed by atoms with Crippen molar-refractivity contribution in [3.05, 3.63) is 44.9 Å². The van der Waals surface area contributed by atoms with Crippen molar-refractivity contribution in [2.45, 2.75) is 33.1 Å². The van der Waals surface area contributed by atoms with Crippen LogP contribution in [0.15, 0.2) is 22.7 Å². The summed E-state index contributed by atoms with van der Waals surface area (Å²) in [6.07, 6.45) is 0. The van der Waals surface area contributed by atoms with Crippen LogP contribution in [0.1, 0.15) is 32.0 Å². The van der Waals surface area contributed by atoms with E-state index in [2.05, 4.69) is 46.7 Å². The number of halogens is 3. The molecule has 1 aromatic heterocycles. The third-order valence-electron chi connectivity index (χ3n) is 2.95. The van der Waals surface area contributed by atoms with Crippen molar-refractivity contribution in [3.63, 3.8) is 0 Å². The first-order chi connectivity index (χ1) is 9.20. The van der Waals surface area contributed by atoms with E-state index in [9.17, 15) is 4.39 Å². The van der Waals surface area contributed by atoms with Gasteiger partial charge < -0.3 is 0 Å². The van der Waals surface area contributed by atoms with Crippen LogP contribution in [-0.4, -0.2) is 9.97 Å². The monoisotopic (exact) mass is 356 g/mol. The molecule has 0 saturated carbocycles. The van der Waals surface area contributed by atoms with E-state index in [1.807, 2.05) is 6.92 Å². The maximum Gasteiger partial charge on any atom is 0.161 e. The number of benzene rings is 1. The summed E-state index contributed by atoms with van der Waals surface area (Å²) in [7, 11) is 0. The Labute approximate surface area is 131 Å². The smallest absolute Gasteiger partial charge is 0.161 e. The molecule has 0 saturated heterocycles. The summed E-state index contributed by atoms with van der Waals surface area (Å²) >= 11 is 9.62. The van der Waals surface area contributed by atoms with Crippen LogP contribution in [0.3, 0.4) is 0 Å². The molecular weight excluding hydrogens is 343 g/mol. The fraction of sp³-hybridized carbons (Fsp3) is 0.333. The van der Waals surface area contributed by atoms with Crippen LogP contribution in [0.5, 0.6) is 0 Å². The number of nitrogens with zero attached hydrogens (tertiary/aromatic N) is 2. The maximum atomic E-state index is 13.2. The molecule has 0 spiro atoms. The average molecular weight is 358 g/mol. The van der Waals surface area contributed by atoms with Crippen LogP contribution in [-0.2, 0) is 5.41 Å². The number of aromatic nitrogens is 2. The summed E-state index contributed by atoms with van der Waals surface area (Å²) in [6.45, 7) is 7.99. The second-order valence-electron chi connectivity index (χ2n) is 5.71. The topological polar surface area (TPSA) is 25.8 Å². The number of hydrogen-bond donors (Lipinski definition) is 0. The summed E-state index contributed by atoms with van der Waals surface area (Å²) in [5.74, 6) is 0.242. The van der Waals surface area contributed by atoms with Crippen molar-refractivity contribution in [1.29, 1.82) is 0 Å². The minimum absolute atomic E-state index is 0.173. The van der Waals surface area contributed by atoms with Gasteiger partial charge in [0.05, 0.1) is 10.2 Å². The summed E-state index contributed by atoms with van der Waals surface area (Å²) in [5.41, 5.74) is 2.22. The Morgan fingerprint density at radius 3 is 2.40 bits per heavy atom. The second-order valence-corrected chi connectivity index (χ2v) is 6.86. The Morgan fingerprint density at radius 2 is 1.85 bits per heavy atom. The van der Waals surface area contributed by atoms with E-state index < -0.39 is 0 Å². The molecule has 0 unspecified atom stereocenters. The molecule has 0 aliphatic rings. The molecule has 20 heavy (non-hydrogen) atoms. The highest BCUT2D eigenvalue weighted by Gasteiger charge is 2.23. The molecule has 2 rings (SSSR count). The standard InChI is InChI=1S/C15H15BrClFN2/c1-8-7-9(18)5-6-10(8)14-19-12(15(2,3)4)11(16)13(17)20-14/h5-7H,1-4H3. The normalized spacial score (nSPS) is 11.8. The summed E-state index contributed by atoms with van der Waals surface area (Å²) in [4.78, 5) is 8.89. The minimum atomic E-state index is -0.273. The number of hydrogen-bond acceptors (Lipinski definition) is 2. The molecule has 2 aromatic rings. The zero-order valence-corrected chi connectivity index (χ0v) is 14.1. The third kappa shape index (κ3) is 3.01. The Balaban J connectivity index is 2.67. The Hall–Kier alpha value is -1.00. The van der Waals surface area contributed by atoms with E-state index in [4.69, 9.17) is 11.6 Å². The lowest BCUT2D eigenvalue weighted by Gasteiger charge is -2.21. The van der Waals surface area contributed by atoms with E-state index in [-0.39, 0.29) is 11.2 Å². The fourth-order valence-corrected chi connectivity index (χ4v) is 2.86. The predicted octanol–water partition coefficient (Wildman–Crippen LogP) is 5.30. The van der Waals surface area contributed by atoms with Gasteiger partial charge in [-0.25, -0.2) is 14.4 Å². The van der Waals surface area contributed by atoms with Gasteiger partial charge in [0.1, 0.15) is 11.0 Å². The van der Waals surface area contributed by atoms with E-state index in [1.165, 1.54) is 12.1 Å². The lowest BCUT2D eigenvalue weighted by Crippen LogP contribution is -2.16. The van der Waals surface area contributed by atoms with Gasteiger partial charge in [-0.1, -0.05) is 32.4 Å². The van der Waals surface area contributed by atoms with E-state index in [0.29, 0.717) is 15.5 Å². The largest absolute Gasteiger partial charge is 0.231 e. The third-order valence-corrected chi connectivity index (χ3v) is 4.20. The molecule has 0 amide bonds. The predicted molar refractivity (Wildman–Crippen MR) is 83.6 cm³/mol. The quantitative estimate of drug-likeness (QED) is 0.647. The van der Waals surface area contributed by atoms with Crippen molar-refractivity contribution < 1.29 is 4.39 Å². The van der Waals surface area contributed by atoms with Crippen molar-refractivity contribution in [2.24, 2.45) is 0 Å². The van der Waals surface area contributed by atoms with Crippen molar-refractivity contribution in [1.82, 2.24) is 9.97 Å². The van der Waals surface area contributed by atoms with Crippen LogP contribution >= 0.6 is 27.5 Å². The average Bonchev–Trinajstić information content (AvgIpc) is 2.31.